The first-order valence-electron chi connectivity index (χ1n) is 7.25. The van der Waals surface area contributed by atoms with E-state index in [1.165, 1.54) is 12.5 Å². The van der Waals surface area contributed by atoms with Crippen LogP contribution in [0.5, 0.6) is 5.75 Å². The van der Waals surface area contributed by atoms with Gasteiger partial charge in [0, 0.05) is 5.02 Å². The van der Waals surface area contributed by atoms with E-state index in [0.29, 0.717) is 16.5 Å². The fraction of sp³-hybridized carbons (Fsp3) is 0.294. The van der Waals surface area contributed by atoms with Crippen LogP contribution in [-0.4, -0.2) is 18.7 Å². The normalized spacial score (nSPS) is 11.2. The van der Waals surface area contributed by atoms with Crippen molar-refractivity contribution in [3.8, 4) is 5.75 Å². The van der Waals surface area contributed by atoms with Gasteiger partial charge in [-0.15, -0.1) is 0 Å². The van der Waals surface area contributed by atoms with Crippen LogP contribution in [-0.2, 0) is 4.79 Å². The zero-order valence-electron chi connectivity index (χ0n) is 13.3. The highest BCUT2D eigenvalue weighted by Gasteiger charge is 2.12. The lowest BCUT2D eigenvalue weighted by Gasteiger charge is -2.15. The minimum Gasteiger partial charge on any atom is -0.483 e. The van der Waals surface area contributed by atoms with Crippen LogP contribution in [0.1, 0.15) is 36.7 Å². The van der Waals surface area contributed by atoms with Crippen molar-refractivity contribution in [2.45, 2.75) is 26.7 Å². The van der Waals surface area contributed by atoms with E-state index < -0.39 is 0 Å². The lowest BCUT2D eigenvalue weighted by Crippen LogP contribution is -2.25. The largest absolute Gasteiger partial charge is 0.483 e. The van der Waals surface area contributed by atoms with Crippen LogP contribution in [0.4, 0.5) is 0 Å². The van der Waals surface area contributed by atoms with Gasteiger partial charge in [-0.05, 0) is 48.2 Å². The Kier molecular flexibility index (Phi) is 5.82. The van der Waals surface area contributed by atoms with Crippen LogP contribution in [0.2, 0.25) is 5.02 Å². The number of amides is 1. The fourth-order valence-corrected chi connectivity index (χ4v) is 2.13. The average molecular weight is 335 g/mol. The molecule has 0 spiro atoms. The van der Waals surface area contributed by atoms with E-state index in [2.05, 4.69) is 10.5 Å². The second-order valence-corrected chi connectivity index (χ2v) is 5.80. The molecule has 0 saturated carbocycles. The summed E-state index contributed by atoms with van der Waals surface area (Å²) in [4.78, 5) is 11.8. The lowest BCUT2D eigenvalue weighted by molar-refractivity contribution is -0.123. The van der Waals surface area contributed by atoms with E-state index in [-0.39, 0.29) is 18.4 Å². The number of hydrogen-bond donors (Lipinski definition) is 1. The van der Waals surface area contributed by atoms with Gasteiger partial charge in [0.15, 0.2) is 6.61 Å². The van der Waals surface area contributed by atoms with Crippen molar-refractivity contribution in [3.63, 3.8) is 0 Å². The van der Waals surface area contributed by atoms with E-state index in [0.717, 1.165) is 11.1 Å². The van der Waals surface area contributed by atoms with Gasteiger partial charge >= 0.3 is 0 Å². The monoisotopic (exact) mass is 334 g/mol. The van der Waals surface area contributed by atoms with Gasteiger partial charge in [-0.25, -0.2) is 5.43 Å². The third kappa shape index (κ3) is 4.86. The predicted molar refractivity (Wildman–Crippen MR) is 90.2 cm³/mol. The summed E-state index contributed by atoms with van der Waals surface area (Å²) in [6, 6.07) is 7.20. The number of rotatable bonds is 6. The minimum absolute atomic E-state index is 0.129. The molecule has 2 rings (SSSR count). The first-order valence-corrected chi connectivity index (χ1v) is 7.63. The lowest BCUT2D eigenvalue weighted by atomic mass is 10.0. The number of carbonyl (C=O) groups is 1. The molecule has 6 heteroatoms. The van der Waals surface area contributed by atoms with Crippen molar-refractivity contribution in [3.05, 3.63) is 52.4 Å². The zero-order valence-corrected chi connectivity index (χ0v) is 14.1. The number of nitrogens with zero attached hydrogens (tertiary/aromatic N) is 1. The molecule has 0 bridgehead atoms. The Morgan fingerprint density at radius 2 is 2.26 bits per heavy atom. The number of hydrogen-bond acceptors (Lipinski definition) is 4. The summed E-state index contributed by atoms with van der Waals surface area (Å²) >= 11 is 6.15. The molecule has 1 aromatic carbocycles. The second-order valence-electron chi connectivity index (χ2n) is 5.39. The Hall–Kier alpha value is -2.27. The molecule has 23 heavy (non-hydrogen) atoms. The number of halogens is 1. The van der Waals surface area contributed by atoms with Crippen molar-refractivity contribution in [2.75, 3.05) is 6.61 Å². The number of nitrogens with one attached hydrogen (secondary N) is 1. The number of ether oxygens (including phenoxy) is 1. The maximum Gasteiger partial charge on any atom is 0.277 e. The summed E-state index contributed by atoms with van der Waals surface area (Å²) in [5.74, 6) is 1.10. The zero-order chi connectivity index (χ0) is 16.8. The molecular weight excluding hydrogens is 316 g/mol. The second kappa shape index (κ2) is 7.83. The molecule has 0 radical (unpaired) electrons. The molecule has 1 amide bonds. The summed E-state index contributed by atoms with van der Waals surface area (Å²) < 4.78 is 10.7. The summed E-state index contributed by atoms with van der Waals surface area (Å²) in [5, 5.41) is 4.48. The highest BCUT2D eigenvalue weighted by atomic mass is 35.5. The van der Waals surface area contributed by atoms with Crippen LogP contribution in [0.15, 0.2) is 40.0 Å². The molecule has 122 valence electrons. The molecule has 1 heterocycles. The smallest absolute Gasteiger partial charge is 0.277 e. The Bertz CT molecular complexity index is 694. The molecule has 5 nitrogen and oxygen atoms in total. The van der Waals surface area contributed by atoms with Gasteiger partial charge in [-0.3, -0.25) is 4.79 Å². The van der Waals surface area contributed by atoms with Gasteiger partial charge in [-0.2, -0.15) is 5.10 Å². The van der Waals surface area contributed by atoms with Crippen molar-refractivity contribution in [1.29, 1.82) is 0 Å². The SMILES string of the molecule is Cc1cc(OCC(=O)N/N=C\c2ccco2)c(C(C)C)cc1Cl. The number of aryl methyl sites for hydroxylation is 1. The highest BCUT2D eigenvalue weighted by molar-refractivity contribution is 6.31. The number of furan rings is 1. The number of benzene rings is 1. The van der Waals surface area contributed by atoms with E-state index in [9.17, 15) is 4.79 Å². The number of hydrazone groups is 1. The quantitative estimate of drug-likeness (QED) is 0.643. The molecule has 0 fully saturated rings. The van der Waals surface area contributed by atoms with Crippen molar-refractivity contribution in [1.82, 2.24) is 5.43 Å². The third-order valence-corrected chi connectivity index (χ3v) is 3.60. The number of carbonyl (C=O) groups excluding carboxylic acids is 1. The van der Waals surface area contributed by atoms with Gasteiger partial charge < -0.3 is 9.15 Å². The summed E-state index contributed by atoms with van der Waals surface area (Å²) in [5.41, 5.74) is 4.26. The maximum absolute atomic E-state index is 11.8. The topological polar surface area (TPSA) is 63.8 Å². The highest BCUT2D eigenvalue weighted by Crippen LogP contribution is 2.31. The third-order valence-electron chi connectivity index (χ3n) is 3.20. The van der Waals surface area contributed by atoms with E-state index in [1.54, 1.807) is 12.1 Å². The van der Waals surface area contributed by atoms with Gasteiger partial charge in [0.05, 0.1) is 12.5 Å². The molecule has 1 aromatic heterocycles. The van der Waals surface area contributed by atoms with E-state index in [1.807, 2.05) is 32.9 Å². The fourth-order valence-electron chi connectivity index (χ4n) is 1.95. The van der Waals surface area contributed by atoms with Crippen LogP contribution in [0.25, 0.3) is 0 Å². The molecule has 0 aliphatic heterocycles. The van der Waals surface area contributed by atoms with E-state index >= 15 is 0 Å². The molecule has 1 N–H and O–H groups in total. The molecule has 0 atom stereocenters. The van der Waals surface area contributed by atoms with Crippen molar-refractivity contribution >= 4 is 23.7 Å². The standard InChI is InChI=1S/C17H19ClN2O3/c1-11(2)14-8-15(18)12(3)7-16(14)23-10-17(21)20-19-9-13-5-4-6-22-13/h4-9,11H,10H2,1-3H3,(H,20,21)/b19-9-. The van der Waals surface area contributed by atoms with Crippen LogP contribution < -0.4 is 10.2 Å². The maximum atomic E-state index is 11.8. The summed E-state index contributed by atoms with van der Waals surface area (Å²) in [7, 11) is 0. The first kappa shape index (κ1) is 17.1. The molecule has 0 aliphatic rings. The van der Waals surface area contributed by atoms with Gasteiger partial charge in [0.1, 0.15) is 11.5 Å². The Morgan fingerprint density at radius 1 is 1.48 bits per heavy atom. The van der Waals surface area contributed by atoms with Gasteiger partial charge in [0.2, 0.25) is 0 Å². The summed E-state index contributed by atoms with van der Waals surface area (Å²) in [6.07, 6.45) is 2.95. The molecule has 0 saturated heterocycles. The van der Waals surface area contributed by atoms with Gasteiger partial charge in [-0.1, -0.05) is 25.4 Å². The first-order chi connectivity index (χ1) is 11.0. The van der Waals surface area contributed by atoms with Crippen molar-refractivity contribution < 1.29 is 13.9 Å². The molecule has 0 unspecified atom stereocenters. The Morgan fingerprint density at radius 3 is 2.91 bits per heavy atom. The van der Waals surface area contributed by atoms with Gasteiger partial charge in [0.25, 0.3) is 5.91 Å². The Balaban J connectivity index is 1.94. The van der Waals surface area contributed by atoms with Crippen LogP contribution >= 0.6 is 11.6 Å². The molecule has 0 aliphatic carbocycles. The molecular formula is C17H19ClN2O3. The van der Waals surface area contributed by atoms with Crippen LogP contribution in [0.3, 0.4) is 0 Å². The molecule has 2 aromatic rings. The predicted octanol–water partition coefficient (Wildman–Crippen LogP) is 3.89. The average Bonchev–Trinajstić information content (AvgIpc) is 3.01. The minimum atomic E-state index is -0.352. The van der Waals surface area contributed by atoms with Crippen molar-refractivity contribution in [2.24, 2.45) is 5.10 Å². The Labute approximate surface area is 140 Å². The van der Waals surface area contributed by atoms with E-state index in [4.69, 9.17) is 20.8 Å². The summed E-state index contributed by atoms with van der Waals surface area (Å²) in [6.45, 7) is 5.85. The van der Waals surface area contributed by atoms with Crippen LogP contribution in [0, 0.1) is 6.92 Å².